The molecule has 0 spiro atoms. The van der Waals surface area contributed by atoms with Gasteiger partial charge >= 0.3 is 5.97 Å². The van der Waals surface area contributed by atoms with Crippen LogP contribution in [0.4, 0.5) is 17.1 Å². The van der Waals surface area contributed by atoms with Gasteiger partial charge in [0.15, 0.2) is 12.4 Å². The Balaban J connectivity index is 1.59. The number of rotatable bonds is 7. The maximum atomic E-state index is 12.3. The maximum Gasteiger partial charge on any atom is 0.311 e. The van der Waals surface area contributed by atoms with Crippen molar-refractivity contribution in [3.63, 3.8) is 0 Å². The van der Waals surface area contributed by atoms with Crippen molar-refractivity contribution in [1.29, 1.82) is 0 Å². The number of hydrogen-bond donors (Lipinski definition) is 0. The molecule has 154 valence electrons. The van der Waals surface area contributed by atoms with Gasteiger partial charge in [-0.3, -0.25) is 34.6 Å². The average molecular weight is 413 g/mol. The largest absolute Gasteiger partial charge is 0.457 e. The quantitative estimate of drug-likeness (QED) is 0.290. The second-order valence-electron chi connectivity index (χ2n) is 6.52. The van der Waals surface area contributed by atoms with Gasteiger partial charge in [0.1, 0.15) is 0 Å². The monoisotopic (exact) mass is 413 g/mol. The van der Waals surface area contributed by atoms with Crippen LogP contribution in [0.5, 0.6) is 0 Å². The SMILES string of the molecule is O=C(COC(=O)[C@@H]1CC(=O)N(c2cccc([N+](=O)[O-])c2)C1)c1ccc([N+](=O)[O-])cc1. The summed E-state index contributed by atoms with van der Waals surface area (Å²) in [7, 11) is 0. The smallest absolute Gasteiger partial charge is 0.311 e. The molecule has 3 rings (SSSR count). The summed E-state index contributed by atoms with van der Waals surface area (Å²) >= 11 is 0. The molecule has 2 aromatic rings. The molecule has 0 saturated carbocycles. The molecule has 1 heterocycles. The number of amides is 1. The third-order valence-electron chi connectivity index (χ3n) is 4.56. The zero-order valence-electron chi connectivity index (χ0n) is 15.4. The van der Waals surface area contributed by atoms with E-state index in [4.69, 9.17) is 4.74 Å². The molecule has 1 atom stereocenters. The summed E-state index contributed by atoms with van der Waals surface area (Å²) in [6.45, 7) is -0.595. The van der Waals surface area contributed by atoms with Crippen LogP contribution in [0.15, 0.2) is 48.5 Å². The number of benzene rings is 2. The van der Waals surface area contributed by atoms with Gasteiger partial charge in [-0.25, -0.2) is 0 Å². The van der Waals surface area contributed by atoms with Crippen molar-refractivity contribution in [3.8, 4) is 0 Å². The summed E-state index contributed by atoms with van der Waals surface area (Å²) in [6.07, 6.45) is -0.146. The number of nitrogens with zero attached hydrogens (tertiary/aromatic N) is 3. The van der Waals surface area contributed by atoms with Crippen LogP contribution >= 0.6 is 0 Å². The predicted octanol–water partition coefficient (Wildman–Crippen LogP) is 2.28. The van der Waals surface area contributed by atoms with Crippen LogP contribution in [-0.4, -0.2) is 40.7 Å². The summed E-state index contributed by atoms with van der Waals surface area (Å²) in [5, 5.41) is 21.5. The van der Waals surface area contributed by atoms with Crippen molar-refractivity contribution in [2.75, 3.05) is 18.1 Å². The maximum absolute atomic E-state index is 12.3. The Morgan fingerprint density at radius 2 is 1.70 bits per heavy atom. The van der Waals surface area contributed by atoms with Gasteiger partial charge in [0.05, 0.1) is 21.5 Å². The van der Waals surface area contributed by atoms with Crippen molar-refractivity contribution in [1.82, 2.24) is 0 Å². The van der Waals surface area contributed by atoms with Gasteiger partial charge in [-0.05, 0) is 18.2 Å². The van der Waals surface area contributed by atoms with Gasteiger partial charge in [-0.2, -0.15) is 0 Å². The number of carbonyl (C=O) groups is 3. The highest BCUT2D eigenvalue weighted by Crippen LogP contribution is 2.28. The molecule has 0 bridgehead atoms. The van der Waals surface area contributed by atoms with Crippen LogP contribution in [0.2, 0.25) is 0 Å². The number of non-ortho nitro benzene ring substituents is 2. The molecule has 1 amide bonds. The van der Waals surface area contributed by atoms with Gasteiger partial charge < -0.3 is 9.64 Å². The summed E-state index contributed by atoms with van der Waals surface area (Å²) < 4.78 is 5.00. The van der Waals surface area contributed by atoms with Crippen LogP contribution in [-0.2, 0) is 14.3 Å². The Bertz CT molecular complexity index is 1030. The van der Waals surface area contributed by atoms with E-state index in [9.17, 15) is 34.6 Å². The molecule has 2 aromatic carbocycles. The molecule has 0 N–H and O–H groups in total. The lowest BCUT2D eigenvalue weighted by Gasteiger charge is -2.16. The van der Waals surface area contributed by atoms with Crippen molar-refractivity contribution >= 4 is 34.7 Å². The van der Waals surface area contributed by atoms with Gasteiger partial charge in [-0.15, -0.1) is 0 Å². The molecule has 0 aliphatic carbocycles. The van der Waals surface area contributed by atoms with Gasteiger partial charge in [0.2, 0.25) is 5.91 Å². The number of esters is 1. The molecule has 1 saturated heterocycles. The summed E-state index contributed by atoms with van der Waals surface area (Å²) in [4.78, 5) is 58.2. The third-order valence-corrected chi connectivity index (χ3v) is 4.56. The van der Waals surface area contributed by atoms with Gasteiger partial charge in [0, 0.05) is 42.8 Å². The number of ketones is 1. The number of hydrogen-bond acceptors (Lipinski definition) is 8. The Morgan fingerprint density at radius 3 is 2.33 bits per heavy atom. The van der Waals surface area contributed by atoms with E-state index in [0.29, 0.717) is 5.69 Å². The van der Waals surface area contributed by atoms with Gasteiger partial charge in [0.25, 0.3) is 11.4 Å². The minimum absolute atomic E-state index is 0.0233. The molecular formula is C19H15N3O8. The number of anilines is 1. The highest BCUT2D eigenvalue weighted by molar-refractivity contribution is 6.01. The summed E-state index contributed by atoms with van der Waals surface area (Å²) in [5.74, 6) is -2.50. The fourth-order valence-electron chi connectivity index (χ4n) is 3.00. The van der Waals surface area contributed by atoms with Crippen LogP contribution in [0.3, 0.4) is 0 Å². The molecule has 0 unspecified atom stereocenters. The Hall–Kier alpha value is -4.15. The summed E-state index contributed by atoms with van der Waals surface area (Å²) in [6, 6.07) is 10.4. The van der Waals surface area contributed by atoms with Crippen LogP contribution in [0.25, 0.3) is 0 Å². The molecule has 11 heteroatoms. The van der Waals surface area contributed by atoms with E-state index in [1.165, 1.54) is 53.4 Å². The third kappa shape index (κ3) is 4.46. The lowest BCUT2D eigenvalue weighted by atomic mass is 10.1. The van der Waals surface area contributed by atoms with E-state index >= 15 is 0 Å². The Kier molecular flexibility index (Phi) is 5.81. The van der Waals surface area contributed by atoms with Crippen molar-refractivity contribution < 1.29 is 29.0 Å². The zero-order chi connectivity index (χ0) is 21.8. The highest BCUT2D eigenvalue weighted by atomic mass is 16.6. The molecule has 30 heavy (non-hydrogen) atoms. The second-order valence-corrected chi connectivity index (χ2v) is 6.52. The van der Waals surface area contributed by atoms with E-state index in [1.807, 2.05) is 0 Å². The Labute approximate surface area is 169 Å². The first kappa shape index (κ1) is 20.6. The highest BCUT2D eigenvalue weighted by Gasteiger charge is 2.36. The first-order valence-electron chi connectivity index (χ1n) is 8.75. The fraction of sp³-hybridized carbons (Fsp3) is 0.211. The molecule has 1 aliphatic heterocycles. The number of nitro benzene ring substituents is 2. The average Bonchev–Trinajstić information content (AvgIpc) is 3.13. The molecule has 0 aromatic heterocycles. The molecule has 0 radical (unpaired) electrons. The first-order chi connectivity index (χ1) is 14.3. The fourth-order valence-corrected chi connectivity index (χ4v) is 3.00. The minimum Gasteiger partial charge on any atom is -0.457 e. The Morgan fingerprint density at radius 1 is 1.03 bits per heavy atom. The lowest BCUT2D eigenvalue weighted by molar-refractivity contribution is -0.385. The zero-order valence-corrected chi connectivity index (χ0v) is 15.4. The van der Waals surface area contributed by atoms with E-state index in [1.54, 1.807) is 0 Å². The van der Waals surface area contributed by atoms with E-state index in [2.05, 4.69) is 0 Å². The number of carbonyl (C=O) groups excluding carboxylic acids is 3. The topological polar surface area (TPSA) is 150 Å². The predicted molar refractivity (Wildman–Crippen MR) is 102 cm³/mol. The van der Waals surface area contributed by atoms with Gasteiger partial charge in [-0.1, -0.05) is 6.07 Å². The normalized spacial score (nSPS) is 15.7. The molecule has 1 aliphatic rings. The first-order valence-corrected chi connectivity index (χ1v) is 8.75. The van der Waals surface area contributed by atoms with Crippen LogP contribution < -0.4 is 4.90 Å². The van der Waals surface area contributed by atoms with Crippen LogP contribution in [0.1, 0.15) is 16.8 Å². The van der Waals surface area contributed by atoms with E-state index < -0.39 is 34.1 Å². The van der Waals surface area contributed by atoms with Crippen molar-refractivity contribution in [3.05, 3.63) is 74.3 Å². The summed E-state index contributed by atoms with van der Waals surface area (Å²) in [5.41, 5.74) is 0.0925. The van der Waals surface area contributed by atoms with Crippen molar-refractivity contribution in [2.45, 2.75) is 6.42 Å². The number of ether oxygens (including phenoxy) is 1. The second kappa shape index (κ2) is 8.47. The lowest BCUT2D eigenvalue weighted by Crippen LogP contribution is -2.27. The molecule has 11 nitrogen and oxygen atoms in total. The number of nitro groups is 2. The van der Waals surface area contributed by atoms with Crippen LogP contribution in [0, 0.1) is 26.1 Å². The minimum atomic E-state index is -0.818. The van der Waals surface area contributed by atoms with E-state index in [0.717, 1.165) is 0 Å². The van der Waals surface area contributed by atoms with E-state index in [-0.39, 0.29) is 35.8 Å². The molecule has 1 fully saturated rings. The number of Topliss-reactive ketones (excluding diaryl/α,β-unsaturated/α-hetero) is 1. The standard InChI is InChI=1S/C19H15N3O8/c23-17(12-4-6-14(7-5-12)21(26)27)11-30-19(25)13-8-18(24)20(10-13)15-2-1-3-16(9-15)22(28)29/h1-7,9,13H,8,10-11H2/t13-/m1/s1. The molecular weight excluding hydrogens is 398 g/mol. The van der Waals surface area contributed by atoms with Crippen molar-refractivity contribution in [2.24, 2.45) is 5.92 Å².